The number of carbonyl (C=O) groups excluding carboxylic acids is 2. The van der Waals surface area contributed by atoms with Crippen LogP contribution in [0.15, 0.2) is 0 Å². The van der Waals surface area contributed by atoms with Crippen LogP contribution in [0.5, 0.6) is 0 Å². The molecule has 2 atom stereocenters. The SMILES string of the molecule is CC(C)(C)OC(=O)N1C(=O)[C@H](F)C[C@H]1CO[Si](C)(C)C(C)(C)C. The van der Waals surface area contributed by atoms with Crippen molar-refractivity contribution in [3.8, 4) is 0 Å². The third kappa shape index (κ3) is 5.01. The summed E-state index contributed by atoms with van der Waals surface area (Å²) >= 11 is 0. The van der Waals surface area contributed by atoms with E-state index in [4.69, 9.17) is 9.16 Å². The quantitative estimate of drug-likeness (QED) is 0.727. The number of carbonyl (C=O) groups is 2. The summed E-state index contributed by atoms with van der Waals surface area (Å²) in [5, 5.41) is 0.00147. The number of hydrogen-bond donors (Lipinski definition) is 0. The Kier molecular flexibility index (Phi) is 5.69. The fourth-order valence-corrected chi connectivity index (χ4v) is 3.03. The first-order chi connectivity index (χ1) is 10.2. The third-order valence-corrected chi connectivity index (χ3v) is 8.88. The second-order valence-electron chi connectivity index (χ2n) is 8.62. The molecule has 0 N–H and O–H groups in total. The summed E-state index contributed by atoms with van der Waals surface area (Å²) in [5.74, 6) is -0.830. The fourth-order valence-electron chi connectivity index (χ4n) is 1.99. The summed E-state index contributed by atoms with van der Waals surface area (Å²) in [4.78, 5) is 25.1. The van der Waals surface area contributed by atoms with E-state index >= 15 is 0 Å². The number of likely N-dealkylation sites (tertiary alicyclic amines) is 1. The zero-order valence-corrected chi connectivity index (χ0v) is 16.5. The zero-order chi connectivity index (χ0) is 18.2. The Balaban J connectivity index is 2.84. The molecular weight excluding hydrogens is 317 g/mol. The average molecular weight is 348 g/mol. The molecule has 134 valence electrons. The van der Waals surface area contributed by atoms with Crippen molar-refractivity contribution in [2.75, 3.05) is 6.61 Å². The molecule has 23 heavy (non-hydrogen) atoms. The van der Waals surface area contributed by atoms with Crippen molar-refractivity contribution in [3.63, 3.8) is 0 Å². The number of halogens is 1. The molecular formula is C16H30FNO4Si. The van der Waals surface area contributed by atoms with E-state index in [0.29, 0.717) is 0 Å². The smallest absolute Gasteiger partial charge is 0.417 e. The van der Waals surface area contributed by atoms with Gasteiger partial charge in [0.1, 0.15) is 5.60 Å². The van der Waals surface area contributed by atoms with Crippen LogP contribution in [-0.4, -0.2) is 49.6 Å². The minimum atomic E-state index is -2.04. The molecule has 0 aromatic rings. The molecule has 2 amide bonds. The Labute approximate surface area is 139 Å². The topological polar surface area (TPSA) is 55.8 Å². The molecule has 0 unspecified atom stereocenters. The predicted octanol–water partition coefficient (Wildman–Crippen LogP) is 3.88. The first-order valence-electron chi connectivity index (χ1n) is 8.00. The molecule has 1 saturated heterocycles. The van der Waals surface area contributed by atoms with Crippen molar-refractivity contribution in [1.82, 2.24) is 4.90 Å². The average Bonchev–Trinajstić information content (AvgIpc) is 2.59. The molecule has 1 heterocycles. The number of alkyl halides is 1. The second kappa shape index (κ2) is 6.51. The van der Waals surface area contributed by atoms with E-state index < -0.39 is 38.1 Å². The van der Waals surface area contributed by atoms with Crippen LogP contribution in [0.4, 0.5) is 9.18 Å². The van der Waals surface area contributed by atoms with Crippen molar-refractivity contribution in [3.05, 3.63) is 0 Å². The molecule has 1 aliphatic heterocycles. The second-order valence-corrected chi connectivity index (χ2v) is 13.4. The lowest BCUT2D eigenvalue weighted by molar-refractivity contribution is -0.132. The Morgan fingerprint density at radius 1 is 1.26 bits per heavy atom. The minimum absolute atomic E-state index is 0.00147. The molecule has 5 nitrogen and oxygen atoms in total. The minimum Gasteiger partial charge on any atom is -0.443 e. The largest absolute Gasteiger partial charge is 0.443 e. The normalized spacial score (nSPS) is 23.3. The summed E-state index contributed by atoms with van der Waals surface area (Å²) in [6.07, 6.45) is -2.51. The molecule has 0 aromatic carbocycles. The highest BCUT2D eigenvalue weighted by Crippen LogP contribution is 2.37. The number of amides is 2. The Morgan fingerprint density at radius 2 is 1.78 bits per heavy atom. The molecule has 0 aromatic heterocycles. The van der Waals surface area contributed by atoms with Crippen molar-refractivity contribution >= 4 is 20.3 Å². The van der Waals surface area contributed by atoms with Gasteiger partial charge in [-0.05, 0) is 38.9 Å². The van der Waals surface area contributed by atoms with E-state index in [9.17, 15) is 14.0 Å². The van der Waals surface area contributed by atoms with Gasteiger partial charge in [0, 0.05) is 6.42 Å². The summed E-state index contributed by atoms with van der Waals surface area (Å²) in [5.41, 5.74) is -0.739. The fraction of sp³-hybridized carbons (Fsp3) is 0.875. The van der Waals surface area contributed by atoms with Crippen LogP contribution in [0.2, 0.25) is 18.1 Å². The molecule has 7 heteroatoms. The number of nitrogens with zero attached hydrogens (tertiary/aromatic N) is 1. The highest BCUT2D eigenvalue weighted by molar-refractivity contribution is 6.74. The lowest BCUT2D eigenvalue weighted by atomic mass is 10.2. The molecule has 0 bridgehead atoms. The van der Waals surface area contributed by atoms with Gasteiger partial charge in [0.15, 0.2) is 14.5 Å². The Hall–Kier alpha value is -0.953. The van der Waals surface area contributed by atoms with Crippen LogP contribution in [0.1, 0.15) is 48.0 Å². The van der Waals surface area contributed by atoms with Gasteiger partial charge in [-0.1, -0.05) is 20.8 Å². The molecule has 1 fully saturated rings. The van der Waals surface area contributed by atoms with E-state index in [1.54, 1.807) is 20.8 Å². The van der Waals surface area contributed by atoms with Crippen LogP contribution >= 0.6 is 0 Å². The van der Waals surface area contributed by atoms with Crippen LogP contribution in [-0.2, 0) is 14.0 Å². The highest BCUT2D eigenvalue weighted by atomic mass is 28.4. The Bertz CT molecular complexity index is 468. The summed E-state index contributed by atoms with van der Waals surface area (Å²) < 4.78 is 25.1. The van der Waals surface area contributed by atoms with E-state index in [1.807, 2.05) is 0 Å². The number of hydrogen-bond acceptors (Lipinski definition) is 4. The van der Waals surface area contributed by atoms with Gasteiger partial charge < -0.3 is 9.16 Å². The lowest BCUT2D eigenvalue weighted by Crippen LogP contribution is -2.48. The van der Waals surface area contributed by atoms with Gasteiger partial charge in [0.25, 0.3) is 5.91 Å². The number of ether oxygens (including phenoxy) is 1. The number of imide groups is 1. The highest BCUT2D eigenvalue weighted by Gasteiger charge is 2.47. The van der Waals surface area contributed by atoms with Gasteiger partial charge in [-0.15, -0.1) is 0 Å². The lowest BCUT2D eigenvalue weighted by Gasteiger charge is -2.37. The standard InChI is InChI=1S/C16H30FNO4Si/c1-15(2,3)22-14(20)18-11(9-12(17)13(18)19)10-21-23(7,8)16(4,5)6/h11-12H,9-10H2,1-8H3/t11-,12+/m0/s1. The molecule has 0 aliphatic carbocycles. The summed E-state index contributed by atoms with van der Waals surface area (Å²) in [6, 6.07) is -0.610. The van der Waals surface area contributed by atoms with Gasteiger partial charge in [-0.2, -0.15) is 0 Å². The van der Waals surface area contributed by atoms with E-state index in [-0.39, 0.29) is 18.1 Å². The first-order valence-corrected chi connectivity index (χ1v) is 10.9. The van der Waals surface area contributed by atoms with E-state index in [2.05, 4.69) is 33.9 Å². The van der Waals surface area contributed by atoms with E-state index in [1.165, 1.54) is 0 Å². The van der Waals surface area contributed by atoms with Gasteiger partial charge in [-0.25, -0.2) is 14.1 Å². The maximum atomic E-state index is 13.8. The van der Waals surface area contributed by atoms with Gasteiger partial charge in [0.05, 0.1) is 12.6 Å². The molecule has 1 rings (SSSR count). The van der Waals surface area contributed by atoms with Crippen LogP contribution in [0.25, 0.3) is 0 Å². The van der Waals surface area contributed by atoms with Gasteiger partial charge in [-0.3, -0.25) is 4.79 Å². The van der Waals surface area contributed by atoms with Crippen LogP contribution in [0.3, 0.4) is 0 Å². The zero-order valence-electron chi connectivity index (χ0n) is 15.5. The number of rotatable bonds is 3. The van der Waals surface area contributed by atoms with Crippen LogP contribution in [0, 0.1) is 0 Å². The summed E-state index contributed by atoms with van der Waals surface area (Å²) in [7, 11) is -2.04. The van der Waals surface area contributed by atoms with Crippen molar-refractivity contribution in [2.24, 2.45) is 0 Å². The van der Waals surface area contributed by atoms with Crippen molar-refractivity contribution < 1.29 is 23.1 Å². The molecule has 0 saturated carbocycles. The van der Waals surface area contributed by atoms with Gasteiger partial charge >= 0.3 is 6.09 Å². The van der Waals surface area contributed by atoms with Crippen LogP contribution < -0.4 is 0 Å². The van der Waals surface area contributed by atoms with Crippen molar-refractivity contribution in [2.45, 2.75) is 83.9 Å². The third-order valence-electron chi connectivity index (χ3n) is 4.38. The predicted molar refractivity (Wildman–Crippen MR) is 89.5 cm³/mol. The Morgan fingerprint density at radius 3 is 2.22 bits per heavy atom. The molecule has 0 radical (unpaired) electrons. The maximum Gasteiger partial charge on any atom is 0.417 e. The molecule has 1 aliphatic rings. The summed E-state index contributed by atoms with van der Waals surface area (Å²) in [6.45, 7) is 15.7. The monoisotopic (exact) mass is 347 g/mol. The molecule has 0 spiro atoms. The van der Waals surface area contributed by atoms with E-state index in [0.717, 1.165) is 4.90 Å². The maximum absolute atomic E-state index is 13.8. The van der Waals surface area contributed by atoms with Gasteiger partial charge in [0.2, 0.25) is 0 Å². The van der Waals surface area contributed by atoms with Crippen molar-refractivity contribution in [1.29, 1.82) is 0 Å². The first kappa shape index (κ1) is 20.1.